The first kappa shape index (κ1) is 15.4. The van der Waals surface area contributed by atoms with Crippen molar-refractivity contribution >= 4 is 5.91 Å². The lowest BCUT2D eigenvalue weighted by Crippen LogP contribution is -2.47. The minimum Gasteiger partial charge on any atom is -0.372 e. The van der Waals surface area contributed by atoms with Crippen LogP contribution in [0.1, 0.15) is 45.4 Å². The van der Waals surface area contributed by atoms with Crippen LogP contribution in [0.4, 0.5) is 0 Å². The maximum Gasteiger partial charge on any atom is 0.248 e. The summed E-state index contributed by atoms with van der Waals surface area (Å²) in [5, 5.41) is 3.24. The molecule has 1 saturated heterocycles. The molecule has 1 N–H and O–H groups in total. The number of carbonyl (C=O) groups excluding carboxylic acids is 1. The monoisotopic (exact) mass is 256 g/mol. The van der Waals surface area contributed by atoms with Crippen LogP contribution in [0.15, 0.2) is 0 Å². The summed E-state index contributed by atoms with van der Waals surface area (Å²) < 4.78 is 5.44. The first-order valence-corrected chi connectivity index (χ1v) is 7.41. The number of nitrogens with zero attached hydrogens (tertiary/aromatic N) is 1. The SMILES string of the molecule is CCCCCCCCOCC(=O)N1CCNCC1. The predicted molar refractivity (Wildman–Crippen MR) is 73.6 cm³/mol. The average Bonchev–Trinajstić information content (AvgIpc) is 2.42. The van der Waals surface area contributed by atoms with Gasteiger partial charge in [-0.05, 0) is 6.42 Å². The van der Waals surface area contributed by atoms with Crippen molar-refractivity contribution in [1.29, 1.82) is 0 Å². The smallest absolute Gasteiger partial charge is 0.248 e. The molecule has 1 heterocycles. The van der Waals surface area contributed by atoms with E-state index in [1.54, 1.807) is 0 Å². The van der Waals surface area contributed by atoms with Gasteiger partial charge in [0.2, 0.25) is 5.91 Å². The highest BCUT2D eigenvalue weighted by atomic mass is 16.5. The predicted octanol–water partition coefficient (Wildman–Crippen LogP) is 1.80. The van der Waals surface area contributed by atoms with Crippen LogP contribution < -0.4 is 5.32 Å². The second-order valence-electron chi connectivity index (χ2n) is 4.95. The largest absolute Gasteiger partial charge is 0.372 e. The van der Waals surface area contributed by atoms with E-state index in [-0.39, 0.29) is 12.5 Å². The van der Waals surface area contributed by atoms with E-state index >= 15 is 0 Å². The molecule has 0 aromatic rings. The van der Waals surface area contributed by atoms with Crippen molar-refractivity contribution in [1.82, 2.24) is 10.2 Å². The molecule has 0 spiro atoms. The van der Waals surface area contributed by atoms with Gasteiger partial charge in [-0.1, -0.05) is 39.0 Å². The number of rotatable bonds is 9. The van der Waals surface area contributed by atoms with Crippen LogP contribution in [0, 0.1) is 0 Å². The lowest BCUT2D eigenvalue weighted by Gasteiger charge is -2.27. The Hall–Kier alpha value is -0.610. The fraction of sp³-hybridized carbons (Fsp3) is 0.929. The van der Waals surface area contributed by atoms with Gasteiger partial charge in [-0.15, -0.1) is 0 Å². The van der Waals surface area contributed by atoms with Crippen LogP contribution in [0.25, 0.3) is 0 Å². The standard InChI is InChI=1S/C14H28N2O2/c1-2-3-4-5-6-7-12-18-13-14(17)16-10-8-15-9-11-16/h15H,2-13H2,1H3. The van der Waals surface area contributed by atoms with Crippen LogP contribution in [0.2, 0.25) is 0 Å². The van der Waals surface area contributed by atoms with Crippen LogP contribution in [-0.2, 0) is 9.53 Å². The number of nitrogens with one attached hydrogen (secondary N) is 1. The highest BCUT2D eigenvalue weighted by Crippen LogP contribution is 2.05. The van der Waals surface area contributed by atoms with E-state index in [2.05, 4.69) is 12.2 Å². The summed E-state index contributed by atoms with van der Waals surface area (Å²) in [7, 11) is 0. The summed E-state index contributed by atoms with van der Waals surface area (Å²) in [6.07, 6.45) is 7.55. The summed E-state index contributed by atoms with van der Waals surface area (Å²) in [6.45, 7) is 6.66. The second-order valence-corrected chi connectivity index (χ2v) is 4.95. The number of hydrogen-bond acceptors (Lipinski definition) is 3. The molecule has 4 heteroatoms. The van der Waals surface area contributed by atoms with Gasteiger partial charge in [0.05, 0.1) is 0 Å². The van der Waals surface area contributed by atoms with Crippen LogP contribution in [-0.4, -0.2) is 50.2 Å². The Balaban J connectivity index is 1.89. The Kier molecular flexibility index (Phi) is 8.86. The summed E-state index contributed by atoms with van der Waals surface area (Å²) in [4.78, 5) is 13.6. The fourth-order valence-corrected chi connectivity index (χ4v) is 2.15. The maximum atomic E-state index is 11.7. The zero-order chi connectivity index (χ0) is 13.1. The average molecular weight is 256 g/mol. The van der Waals surface area contributed by atoms with Crippen LogP contribution in [0.3, 0.4) is 0 Å². The quantitative estimate of drug-likeness (QED) is 0.640. The molecule has 0 aromatic carbocycles. The van der Waals surface area contributed by atoms with Gasteiger partial charge in [-0.25, -0.2) is 0 Å². The summed E-state index contributed by atoms with van der Waals surface area (Å²) in [5.74, 6) is 0.141. The van der Waals surface area contributed by atoms with E-state index in [9.17, 15) is 4.79 Å². The van der Waals surface area contributed by atoms with Crippen molar-refractivity contribution in [3.8, 4) is 0 Å². The molecule has 1 rings (SSSR count). The van der Waals surface area contributed by atoms with Crippen LogP contribution >= 0.6 is 0 Å². The third-order valence-electron chi connectivity index (χ3n) is 3.34. The van der Waals surface area contributed by atoms with E-state index < -0.39 is 0 Å². The fourth-order valence-electron chi connectivity index (χ4n) is 2.15. The highest BCUT2D eigenvalue weighted by molar-refractivity contribution is 5.77. The van der Waals surface area contributed by atoms with E-state index in [4.69, 9.17) is 4.74 Å². The molecule has 0 bridgehead atoms. The van der Waals surface area contributed by atoms with Crippen LogP contribution in [0.5, 0.6) is 0 Å². The zero-order valence-electron chi connectivity index (χ0n) is 11.7. The number of ether oxygens (including phenoxy) is 1. The number of unbranched alkanes of at least 4 members (excludes halogenated alkanes) is 5. The molecule has 4 nitrogen and oxygen atoms in total. The molecule has 0 atom stereocenters. The number of hydrogen-bond donors (Lipinski definition) is 1. The van der Waals surface area contributed by atoms with Gasteiger partial charge in [-0.3, -0.25) is 4.79 Å². The van der Waals surface area contributed by atoms with Gasteiger partial charge in [0, 0.05) is 32.8 Å². The Morgan fingerprint density at radius 1 is 1.11 bits per heavy atom. The van der Waals surface area contributed by atoms with Gasteiger partial charge in [0.25, 0.3) is 0 Å². The first-order chi connectivity index (χ1) is 8.84. The molecular formula is C14H28N2O2. The molecule has 0 aliphatic carbocycles. The number of piperazine rings is 1. The minimum atomic E-state index is 0.141. The normalized spacial score (nSPS) is 15.9. The van der Waals surface area contributed by atoms with Gasteiger partial charge >= 0.3 is 0 Å². The Bertz CT molecular complexity index is 216. The number of carbonyl (C=O) groups is 1. The molecule has 106 valence electrons. The van der Waals surface area contributed by atoms with Crippen molar-refractivity contribution in [2.24, 2.45) is 0 Å². The molecule has 1 aliphatic rings. The third-order valence-corrected chi connectivity index (χ3v) is 3.34. The van der Waals surface area contributed by atoms with E-state index in [1.807, 2.05) is 4.90 Å². The van der Waals surface area contributed by atoms with E-state index in [0.717, 1.165) is 39.2 Å². The first-order valence-electron chi connectivity index (χ1n) is 7.41. The lowest BCUT2D eigenvalue weighted by atomic mass is 10.1. The topological polar surface area (TPSA) is 41.6 Å². The Morgan fingerprint density at radius 2 is 1.78 bits per heavy atom. The van der Waals surface area contributed by atoms with Crippen molar-refractivity contribution in [2.75, 3.05) is 39.4 Å². The zero-order valence-corrected chi connectivity index (χ0v) is 11.7. The van der Waals surface area contributed by atoms with E-state index in [1.165, 1.54) is 32.1 Å². The van der Waals surface area contributed by atoms with Crippen molar-refractivity contribution in [3.63, 3.8) is 0 Å². The van der Waals surface area contributed by atoms with Crippen molar-refractivity contribution < 1.29 is 9.53 Å². The molecule has 1 fully saturated rings. The molecule has 1 aliphatic heterocycles. The molecule has 1 amide bonds. The molecule has 0 saturated carbocycles. The molecule has 0 radical (unpaired) electrons. The molecular weight excluding hydrogens is 228 g/mol. The Labute approximate surface area is 111 Å². The minimum absolute atomic E-state index is 0.141. The highest BCUT2D eigenvalue weighted by Gasteiger charge is 2.15. The van der Waals surface area contributed by atoms with Gasteiger partial charge < -0.3 is 15.0 Å². The lowest BCUT2D eigenvalue weighted by molar-refractivity contribution is -0.136. The maximum absolute atomic E-state index is 11.7. The van der Waals surface area contributed by atoms with Gasteiger partial charge in [-0.2, -0.15) is 0 Å². The molecule has 18 heavy (non-hydrogen) atoms. The summed E-state index contributed by atoms with van der Waals surface area (Å²) in [5.41, 5.74) is 0. The molecule has 0 unspecified atom stereocenters. The molecule has 0 aromatic heterocycles. The third kappa shape index (κ3) is 6.97. The van der Waals surface area contributed by atoms with Gasteiger partial charge in [0.1, 0.15) is 6.61 Å². The number of amides is 1. The summed E-state index contributed by atoms with van der Waals surface area (Å²) >= 11 is 0. The van der Waals surface area contributed by atoms with Crippen molar-refractivity contribution in [3.05, 3.63) is 0 Å². The second kappa shape index (κ2) is 10.3. The van der Waals surface area contributed by atoms with Gasteiger partial charge in [0.15, 0.2) is 0 Å². The summed E-state index contributed by atoms with van der Waals surface area (Å²) in [6, 6.07) is 0. The van der Waals surface area contributed by atoms with E-state index in [0.29, 0.717) is 0 Å². The Morgan fingerprint density at radius 3 is 2.50 bits per heavy atom. The van der Waals surface area contributed by atoms with Crippen molar-refractivity contribution in [2.45, 2.75) is 45.4 Å².